The van der Waals surface area contributed by atoms with Crippen molar-refractivity contribution in [2.75, 3.05) is 24.5 Å². The first-order chi connectivity index (χ1) is 19.9. The van der Waals surface area contributed by atoms with Gasteiger partial charge < -0.3 is 15.0 Å². The van der Waals surface area contributed by atoms with E-state index in [1.165, 1.54) is 55.3 Å². The van der Waals surface area contributed by atoms with E-state index < -0.39 is 39.3 Å². The van der Waals surface area contributed by atoms with E-state index >= 15 is 0 Å². The number of hydrogen-bond acceptors (Lipinski definition) is 7. The van der Waals surface area contributed by atoms with E-state index in [1.54, 1.807) is 31.2 Å². The second-order valence-electron chi connectivity index (χ2n) is 9.50. The molecule has 0 bridgehead atoms. The number of methoxy groups -OCH3 is 1. The van der Waals surface area contributed by atoms with Crippen LogP contribution in [0.4, 0.5) is 11.4 Å². The SMILES string of the molecule is CCCNC(=O)[C@H](C)N(Cc1ccccc1Cl)C(=O)CN(c1ccc(OC)cc1)S(=O)(=O)c1ccc(C)c([N+](=O)[O-])c1. The van der Waals surface area contributed by atoms with Gasteiger partial charge in [0.2, 0.25) is 11.8 Å². The molecule has 0 saturated heterocycles. The van der Waals surface area contributed by atoms with Gasteiger partial charge in [-0.2, -0.15) is 0 Å². The molecule has 224 valence electrons. The number of carbonyl (C=O) groups is 2. The predicted octanol–water partition coefficient (Wildman–Crippen LogP) is 4.70. The van der Waals surface area contributed by atoms with Crippen molar-refractivity contribution in [2.45, 2.75) is 44.7 Å². The molecule has 0 aliphatic heterocycles. The number of rotatable bonds is 13. The monoisotopic (exact) mass is 616 g/mol. The molecule has 0 spiro atoms. The fraction of sp³-hybridized carbons (Fsp3) is 0.310. The van der Waals surface area contributed by atoms with E-state index in [2.05, 4.69) is 5.32 Å². The summed E-state index contributed by atoms with van der Waals surface area (Å²) >= 11 is 6.37. The van der Waals surface area contributed by atoms with E-state index in [0.717, 1.165) is 10.4 Å². The number of anilines is 1. The van der Waals surface area contributed by atoms with Gasteiger partial charge >= 0.3 is 0 Å². The summed E-state index contributed by atoms with van der Waals surface area (Å²) < 4.78 is 34.0. The molecule has 0 aromatic heterocycles. The Kier molecular flexibility index (Phi) is 10.9. The Morgan fingerprint density at radius 3 is 2.36 bits per heavy atom. The zero-order chi connectivity index (χ0) is 31.0. The molecule has 11 nitrogen and oxygen atoms in total. The number of nitrogens with one attached hydrogen (secondary N) is 1. The van der Waals surface area contributed by atoms with Gasteiger partial charge in [0.25, 0.3) is 15.7 Å². The minimum atomic E-state index is -4.50. The highest BCUT2D eigenvalue weighted by Crippen LogP contribution is 2.29. The van der Waals surface area contributed by atoms with Crippen LogP contribution in [-0.2, 0) is 26.2 Å². The van der Waals surface area contributed by atoms with Gasteiger partial charge in [-0.25, -0.2) is 8.42 Å². The Labute approximate surface area is 250 Å². The molecule has 3 rings (SSSR count). The molecule has 0 radical (unpaired) electrons. The lowest BCUT2D eigenvalue weighted by molar-refractivity contribution is -0.385. The number of nitrogens with zero attached hydrogens (tertiary/aromatic N) is 3. The number of hydrogen-bond donors (Lipinski definition) is 1. The summed E-state index contributed by atoms with van der Waals surface area (Å²) in [6.07, 6.45) is 0.684. The molecule has 3 aromatic rings. The molecule has 0 aliphatic rings. The average Bonchev–Trinajstić information content (AvgIpc) is 2.97. The third-order valence-corrected chi connectivity index (χ3v) is 8.76. The second-order valence-corrected chi connectivity index (χ2v) is 11.8. The Bertz CT molecular complexity index is 1550. The van der Waals surface area contributed by atoms with E-state index in [0.29, 0.717) is 29.3 Å². The Morgan fingerprint density at radius 1 is 1.10 bits per heavy atom. The number of ether oxygens (including phenoxy) is 1. The van der Waals surface area contributed by atoms with Crippen LogP contribution in [0.25, 0.3) is 0 Å². The first kappa shape index (κ1) is 32.4. The van der Waals surface area contributed by atoms with Crippen molar-refractivity contribution in [1.29, 1.82) is 0 Å². The van der Waals surface area contributed by atoms with Crippen LogP contribution in [0.5, 0.6) is 5.75 Å². The van der Waals surface area contributed by atoms with Crippen molar-refractivity contribution in [2.24, 2.45) is 0 Å². The molecule has 1 atom stereocenters. The number of halogens is 1. The van der Waals surface area contributed by atoms with Crippen LogP contribution in [0.3, 0.4) is 0 Å². The number of carbonyl (C=O) groups excluding carboxylic acids is 2. The third kappa shape index (κ3) is 7.56. The fourth-order valence-electron chi connectivity index (χ4n) is 4.14. The molecule has 13 heteroatoms. The topological polar surface area (TPSA) is 139 Å². The molecule has 0 heterocycles. The maximum Gasteiger partial charge on any atom is 0.273 e. The normalized spacial score (nSPS) is 11.8. The zero-order valence-corrected chi connectivity index (χ0v) is 25.3. The smallest absolute Gasteiger partial charge is 0.273 e. The second kappa shape index (κ2) is 14.1. The number of nitro groups is 1. The van der Waals surface area contributed by atoms with Gasteiger partial charge in [-0.1, -0.05) is 42.8 Å². The molecule has 2 amide bonds. The standard InChI is InChI=1S/C29H33ClN4O7S/c1-5-16-31-29(36)21(3)32(18-22-8-6-7-9-26(22)30)28(35)19-33(23-11-13-24(41-4)14-12-23)42(39,40)25-15-10-20(2)27(17-25)34(37)38/h6-15,17,21H,5,16,18-19H2,1-4H3,(H,31,36)/t21-/m0/s1. The van der Waals surface area contributed by atoms with Gasteiger partial charge in [0.1, 0.15) is 18.3 Å². The summed E-state index contributed by atoms with van der Waals surface area (Å²) in [5.41, 5.74) is 0.589. The van der Waals surface area contributed by atoms with Crippen LogP contribution in [0.1, 0.15) is 31.4 Å². The highest BCUT2D eigenvalue weighted by atomic mass is 35.5. The number of amides is 2. The molecule has 0 saturated carbocycles. The van der Waals surface area contributed by atoms with Crippen LogP contribution >= 0.6 is 11.6 Å². The van der Waals surface area contributed by atoms with Crippen LogP contribution < -0.4 is 14.4 Å². The molecule has 0 unspecified atom stereocenters. The highest BCUT2D eigenvalue weighted by Gasteiger charge is 2.33. The van der Waals surface area contributed by atoms with Gasteiger partial charge in [0.15, 0.2) is 0 Å². The number of aryl methyl sites for hydroxylation is 1. The van der Waals surface area contributed by atoms with Gasteiger partial charge in [0.05, 0.1) is 22.6 Å². The summed E-state index contributed by atoms with van der Waals surface area (Å²) in [6.45, 7) is 4.57. The zero-order valence-electron chi connectivity index (χ0n) is 23.7. The minimum absolute atomic E-state index is 0.0638. The lowest BCUT2D eigenvalue weighted by Gasteiger charge is -2.32. The van der Waals surface area contributed by atoms with E-state index in [-0.39, 0.29) is 28.4 Å². The molecular weight excluding hydrogens is 584 g/mol. The molecule has 42 heavy (non-hydrogen) atoms. The number of sulfonamides is 1. The first-order valence-corrected chi connectivity index (χ1v) is 14.9. The lowest BCUT2D eigenvalue weighted by atomic mass is 10.1. The number of benzene rings is 3. The van der Waals surface area contributed by atoms with Crippen molar-refractivity contribution in [3.63, 3.8) is 0 Å². The summed E-state index contributed by atoms with van der Waals surface area (Å²) in [5.74, 6) is -0.643. The van der Waals surface area contributed by atoms with E-state index in [1.807, 2.05) is 6.92 Å². The Hall–Kier alpha value is -4.16. The minimum Gasteiger partial charge on any atom is -0.497 e. The summed E-state index contributed by atoms with van der Waals surface area (Å²) in [5, 5.41) is 14.7. The lowest BCUT2D eigenvalue weighted by Crippen LogP contribution is -2.51. The van der Waals surface area contributed by atoms with Crippen LogP contribution in [0, 0.1) is 17.0 Å². The quantitative estimate of drug-likeness (QED) is 0.217. The average molecular weight is 617 g/mol. The van der Waals surface area contributed by atoms with Crippen molar-refractivity contribution in [3.8, 4) is 5.75 Å². The Balaban J connectivity index is 2.09. The van der Waals surface area contributed by atoms with Gasteiger partial charge in [-0.3, -0.25) is 24.0 Å². The number of nitro benzene ring substituents is 1. The summed E-state index contributed by atoms with van der Waals surface area (Å²) in [7, 11) is -3.05. The van der Waals surface area contributed by atoms with Gasteiger partial charge in [-0.05, 0) is 62.2 Å². The van der Waals surface area contributed by atoms with Gasteiger partial charge in [0, 0.05) is 29.7 Å². The molecule has 0 fully saturated rings. The van der Waals surface area contributed by atoms with Crippen molar-refractivity contribution >= 4 is 44.8 Å². The molecule has 3 aromatic carbocycles. The largest absolute Gasteiger partial charge is 0.497 e. The molecule has 0 aliphatic carbocycles. The molecular formula is C29H33ClN4O7S. The van der Waals surface area contributed by atoms with Crippen LogP contribution in [-0.4, -0.2) is 56.3 Å². The third-order valence-electron chi connectivity index (χ3n) is 6.62. The van der Waals surface area contributed by atoms with E-state index in [4.69, 9.17) is 16.3 Å². The van der Waals surface area contributed by atoms with Crippen molar-refractivity contribution < 1.29 is 27.7 Å². The maximum absolute atomic E-state index is 14.0. The van der Waals surface area contributed by atoms with Crippen LogP contribution in [0.2, 0.25) is 5.02 Å². The fourth-order valence-corrected chi connectivity index (χ4v) is 5.77. The van der Waals surface area contributed by atoms with Crippen molar-refractivity contribution in [1.82, 2.24) is 10.2 Å². The van der Waals surface area contributed by atoms with Crippen LogP contribution in [0.15, 0.2) is 71.6 Å². The first-order valence-electron chi connectivity index (χ1n) is 13.1. The maximum atomic E-state index is 14.0. The summed E-state index contributed by atoms with van der Waals surface area (Å²) in [6, 6.07) is 15.4. The molecule has 1 N–H and O–H groups in total. The predicted molar refractivity (Wildman–Crippen MR) is 160 cm³/mol. The van der Waals surface area contributed by atoms with E-state index in [9.17, 15) is 28.1 Å². The summed E-state index contributed by atoms with van der Waals surface area (Å²) in [4.78, 5) is 38.7. The highest BCUT2D eigenvalue weighted by molar-refractivity contribution is 7.92. The van der Waals surface area contributed by atoms with Gasteiger partial charge in [-0.15, -0.1) is 0 Å². The van der Waals surface area contributed by atoms with Crippen molar-refractivity contribution in [3.05, 3.63) is 93.0 Å². The Morgan fingerprint density at radius 2 is 1.76 bits per heavy atom.